The van der Waals surface area contributed by atoms with E-state index in [1.165, 1.54) is 46.2 Å². The summed E-state index contributed by atoms with van der Waals surface area (Å²) in [4.78, 5) is 7.77. The van der Waals surface area contributed by atoms with Crippen molar-refractivity contribution in [2.45, 2.75) is 54.8 Å². The molecule has 1 heterocycles. The average molecular weight is 316 g/mol. The number of thioether (sulfide) groups is 1. The van der Waals surface area contributed by atoms with E-state index >= 15 is 0 Å². The largest absolute Gasteiger partial charge is 0.309 e. The second-order valence-corrected chi connectivity index (χ2v) is 8.16. The Morgan fingerprint density at radius 1 is 1.14 bits per heavy atom. The summed E-state index contributed by atoms with van der Waals surface area (Å²) >= 11 is 3.81. The molecule has 0 bridgehead atoms. The zero-order valence-electron chi connectivity index (χ0n) is 12.0. The van der Waals surface area contributed by atoms with Gasteiger partial charge in [0.1, 0.15) is 5.01 Å². The lowest BCUT2D eigenvalue weighted by Gasteiger charge is -2.01. The van der Waals surface area contributed by atoms with Gasteiger partial charge in [-0.25, -0.2) is 4.98 Å². The molecule has 2 nitrogen and oxygen atoms in total. The van der Waals surface area contributed by atoms with Crippen molar-refractivity contribution in [2.75, 3.05) is 0 Å². The molecule has 110 valence electrons. The highest BCUT2D eigenvalue weighted by Gasteiger charge is 2.30. The van der Waals surface area contributed by atoms with Crippen LogP contribution in [0.4, 0.5) is 0 Å². The van der Waals surface area contributed by atoms with Crippen LogP contribution in [0.3, 0.4) is 0 Å². The molecule has 2 aliphatic rings. The highest BCUT2D eigenvalue weighted by atomic mass is 32.2. The fourth-order valence-corrected chi connectivity index (χ4v) is 4.48. The number of nitrogens with zero attached hydrogens (tertiary/aromatic N) is 1. The average Bonchev–Trinajstić information content (AvgIpc) is 3.43. The minimum absolute atomic E-state index is 0.757. The first kappa shape index (κ1) is 13.8. The molecule has 21 heavy (non-hydrogen) atoms. The van der Waals surface area contributed by atoms with E-state index < -0.39 is 0 Å². The second kappa shape index (κ2) is 6.11. The zero-order chi connectivity index (χ0) is 14.1. The number of hydrogen-bond donors (Lipinski definition) is 1. The third-order valence-corrected chi connectivity index (χ3v) is 6.25. The standard InChI is InChI=1S/C17H20N2S2/c1-2-4-14(5-3-1)20-11-16-19-17(12-6-7-12)15(21-16)10-18-13-8-9-13/h1-5,12-13,18H,6-11H2. The van der Waals surface area contributed by atoms with Crippen molar-refractivity contribution in [1.82, 2.24) is 10.3 Å². The quantitative estimate of drug-likeness (QED) is 0.758. The Morgan fingerprint density at radius 3 is 2.67 bits per heavy atom. The minimum Gasteiger partial charge on any atom is -0.309 e. The summed E-state index contributed by atoms with van der Waals surface area (Å²) in [6.07, 6.45) is 5.39. The molecule has 0 radical (unpaired) electrons. The molecular formula is C17H20N2S2. The predicted molar refractivity (Wildman–Crippen MR) is 90.0 cm³/mol. The van der Waals surface area contributed by atoms with Crippen molar-refractivity contribution in [3.8, 4) is 0 Å². The molecule has 1 aromatic heterocycles. The van der Waals surface area contributed by atoms with E-state index in [4.69, 9.17) is 4.98 Å². The van der Waals surface area contributed by atoms with Crippen LogP contribution < -0.4 is 5.32 Å². The van der Waals surface area contributed by atoms with E-state index in [2.05, 4.69) is 35.6 Å². The predicted octanol–water partition coefficient (Wildman–Crippen LogP) is 4.56. The van der Waals surface area contributed by atoms with E-state index in [0.717, 1.165) is 24.3 Å². The van der Waals surface area contributed by atoms with Crippen molar-refractivity contribution in [2.24, 2.45) is 0 Å². The molecule has 4 rings (SSSR count). The summed E-state index contributed by atoms with van der Waals surface area (Å²) < 4.78 is 0. The molecule has 1 aromatic carbocycles. The maximum atomic E-state index is 4.94. The van der Waals surface area contributed by atoms with E-state index in [0.29, 0.717) is 0 Å². The van der Waals surface area contributed by atoms with Crippen LogP contribution in [0.25, 0.3) is 0 Å². The maximum absolute atomic E-state index is 4.94. The summed E-state index contributed by atoms with van der Waals surface area (Å²) in [5, 5.41) is 4.94. The fraction of sp³-hybridized carbons (Fsp3) is 0.471. The summed E-state index contributed by atoms with van der Waals surface area (Å²) in [5.41, 5.74) is 1.40. The van der Waals surface area contributed by atoms with Crippen molar-refractivity contribution in [3.63, 3.8) is 0 Å². The molecule has 0 saturated heterocycles. The van der Waals surface area contributed by atoms with Crippen LogP contribution in [0.1, 0.15) is 47.2 Å². The molecule has 0 spiro atoms. The first-order chi connectivity index (χ1) is 10.4. The Labute approximate surface area is 134 Å². The smallest absolute Gasteiger partial charge is 0.103 e. The van der Waals surface area contributed by atoms with E-state index in [1.54, 1.807) is 0 Å². The van der Waals surface area contributed by atoms with Gasteiger partial charge in [0.15, 0.2) is 0 Å². The summed E-state index contributed by atoms with van der Waals surface area (Å²) in [6, 6.07) is 11.4. The van der Waals surface area contributed by atoms with E-state index in [1.807, 2.05) is 23.1 Å². The molecular weight excluding hydrogens is 296 g/mol. The molecule has 2 fully saturated rings. The van der Waals surface area contributed by atoms with Crippen molar-refractivity contribution in [1.29, 1.82) is 0 Å². The first-order valence-corrected chi connectivity index (χ1v) is 9.58. The van der Waals surface area contributed by atoms with Gasteiger partial charge in [0.05, 0.1) is 11.4 Å². The number of rotatable bonds is 7. The van der Waals surface area contributed by atoms with Crippen molar-refractivity contribution in [3.05, 3.63) is 45.9 Å². The van der Waals surface area contributed by atoms with Crippen LogP contribution in [0, 0.1) is 0 Å². The van der Waals surface area contributed by atoms with Gasteiger partial charge in [-0.2, -0.15) is 0 Å². The number of aromatic nitrogens is 1. The third-order valence-electron chi connectivity index (χ3n) is 3.97. The van der Waals surface area contributed by atoms with Crippen LogP contribution in [0.2, 0.25) is 0 Å². The van der Waals surface area contributed by atoms with Crippen LogP contribution >= 0.6 is 23.1 Å². The van der Waals surface area contributed by atoms with Gasteiger partial charge >= 0.3 is 0 Å². The molecule has 0 aliphatic heterocycles. The summed E-state index contributed by atoms with van der Waals surface area (Å²) in [5.74, 6) is 1.76. The van der Waals surface area contributed by atoms with Crippen LogP contribution in [0.5, 0.6) is 0 Å². The van der Waals surface area contributed by atoms with Crippen LogP contribution in [-0.4, -0.2) is 11.0 Å². The Bertz CT molecular complexity index is 601. The van der Waals surface area contributed by atoms with Gasteiger partial charge in [0.2, 0.25) is 0 Å². The van der Waals surface area contributed by atoms with Gasteiger partial charge in [-0.1, -0.05) is 18.2 Å². The third kappa shape index (κ3) is 3.68. The molecule has 0 atom stereocenters. The lowest BCUT2D eigenvalue weighted by Crippen LogP contribution is -2.15. The van der Waals surface area contributed by atoms with E-state index in [9.17, 15) is 0 Å². The number of nitrogens with one attached hydrogen (secondary N) is 1. The molecule has 1 N–H and O–H groups in total. The molecule has 0 amide bonds. The molecule has 4 heteroatoms. The van der Waals surface area contributed by atoms with Crippen molar-refractivity contribution >= 4 is 23.1 Å². The Morgan fingerprint density at radius 2 is 1.95 bits per heavy atom. The SMILES string of the molecule is c1ccc(SCc2nc(C3CC3)c(CNC3CC3)s2)cc1. The van der Waals surface area contributed by atoms with Gasteiger partial charge in [-0.3, -0.25) is 0 Å². The zero-order valence-corrected chi connectivity index (χ0v) is 13.7. The van der Waals surface area contributed by atoms with Crippen LogP contribution in [0.15, 0.2) is 35.2 Å². The number of benzene rings is 1. The lowest BCUT2D eigenvalue weighted by atomic mass is 10.2. The van der Waals surface area contributed by atoms with E-state index in [-0.39, 0.29) is 0 Å². The maximum Gasteiger partial charge on any atom is 0.103 e. The Kier molecular flexibility index (Phi) is 4.01. The normalized spacial score (nSPS) is 18.1. The van der Waals surface area contributed by atoms with Gasteiger partial charge in [0, 0.05) is 28.3 Å². The molecule has 0 unspecified atom stereocenters. The number of thiazole rings is 1. The number of hydrogen-bond acceptors (Lipinski definition) is 4. The molecule has 2 saturated carbocycles. The molecule has 2 aromatic rings. The van der Waals surface area contributed by atoms with Crippen LogP contribution in [-0.2, 0) is 12.3 Å². The Hall–Kier alpha value is -0.840. The van der Waals surface area contributed by atoms with Gasteiger partial charge in [0.25, 0.3) is 0 Å². The Balaban J connectivity index is 1.43. The summed E-state index contributed by atoms with van der Waals surface area (Å²) in [6.45, 7) is 1.03. The highest BCUT2D eigenvalue weighted by molar-refractivity contribution is 7.98. The second-order valence-electron chi connectivity index (χ2n) is 5.95. The first-order valence-electron chi connectivity index (χ1n) is 7.78. The summed E-state index contributed by atoms with van der Waals surface area (Å²) in [7, 11) is 0. The molecule has 2 aliphatic carbocycles. The monoisotopic (exact) mass is 316 g/mol. The lowest BCUT2D eigenvalue weighted by molar-refractivity contribution is 0.688. The van der Waals surface area contributed by atoms with Gasteiger partial charge < -0.3 is 5.32 Å². The fourth-order valence-electron chi connectivity index (χ4n) is 2.46. The highest BCUT2D eigenvalue weighted by Crippen LogP contribution is 2.43. The topological polar surface area (TPSA) is 24.9 Å². The van der Waals surface area contributed by atoms with Crippen molar-refractivity contribution < 1.29 is 0 Å². The van der Waals surface area contributed by atoms with Gasteiger partial charge in [-0.15, -0.1) is 23.1 Å². The minimum atomic E-state index is 0.757. The van der Waals surface area contributed by atoms with Gasteiger partial charge in [-0.05, 0) is 37.8 Å².